The molecule has 0 spiro atoms. The second-order valence-electron chi connectivity index (χ2n) is 6.47. The molecule has 0 aliphatic carbocycles. The molecule has 0 fully saturated rings. The molecule has 0 bridgehead atoms. The Labute approximate surface area is 172 Å². The quantitative estimate of drug-likeness (QED) is 0.513. The molecule has 0 aliphatic rings. The van der Waals surface area contributed by atoms with E-state index in [1.807, 2.05) is 30.3 Å². The van der Waals surface area contributed by atoms with Crippen LogP contribution in [-0.4, -0.2) is 16.7 Å². The van der Waals surface area contributed by atoms with Crippen LogP contribution in [-0.2, 0) is 28.7 Å². The lowest BCUT2D eigenvalue weighted by atomic mass is 10.1. The van der Waals surface area contributed by atoms with Gasteiger partial charge in [0.25, 0.3) is 5.91 Å². The van der Waals surface area contributed by atoms with E-state index < -0.39 is 10.8 Å². The van der Waals surface area contributed by atoms with Crippen LogP contribution < -0.4 is 5.32 Å². The standard InChI is InChI=1S/C22H22ClNO3S/c23-19-10-4-8-18(14-19)15-28(26)16-20-11-12-21(27-20)22(25)24-13-5-9-17-6-2-1-3-7-17/h1-4,6-8,10-12,14H,5,9,13,15-16H2,(H,24,25)/t28-/m1/s1. The van der Waals surface area contributed by atoms with Crippen molar-refractivity contribution in [2.75, 3.05) is 6.54 Å². The van der Waals surface area contributed by atoms with Crippen LogP contribution in [0, 0.1) is 0 Å². The highest BCUT2D eigenvalue weighted by Crippen LogP contribution is 2.15. The Morgan fingerprint density at radius 2 is 1.75 bits per heavy atom. The van der Waals surface area contributed by atoms with E-state index in [0.29, 0.717) is 23.1 Å². The normalized spacial score (nSPS) is 11.9. The Hall–Kier alpha value is -2.37. The van der Waals surface area contributed by atoms with Crippen molar-refractivity contribution in [2.24, 2.45) is 0 Å². The number of carbonyl (C=O) groups is 1. The summed E-state index contributed by atoms with van der Waals surface area (Å²) < 4.78 is 17.9. The number of hydrogen-bond acceptors (Lipinski definition) is 3. The topological polar surface area (TPSA) is 59.3 Å². The minimum Gasteiger partial charge on any atom is -0.455 e. The first-order valence-corrected chi connectivity index (χ1v) is 11.0. The van der Waals surface area contributed by atoms with Gasteiger partial charge >= 0.3 is 0 Å². The zero-order valence-corrected chi connectivity index (χ0v) is 17.0. The molecule has 3 aromatic rings. The minimum absolute atomic E-state index is 0.245. The molecule has 0 saturated carbocycles. The molecule has 1 aromatic heterocycles. The number of carbonyl (C=O) groups excluding carboxylic acids is 1. The van der Waals surface area contributed by atoms with Gasteiger partial charge in [0.15, 0.2) is 5.76 Å². The summed E-state index contributed by atoms with van der Waals surface area (Å²) in [4.78, 5) is 12.2. The van der Waals surface area contributed by atoms with Crippen molar-refractivity contribution < 1.29 is 13.4 Å². The molecule has 1 atom stereocenters. The van der Waals surface area contributed by atoms with Crippen LogP contribution in [0.3, 0.4) is 0 Å². The third-order valence-electron chi connectivity index (χ3n) is 4.18. The lowest BCUT2D eigenvalue weighted by molar-refractivity contribution is 0.0924. The lowest BCUT2D eigenvalue weighted by Gasteiger charge is -2.04. The number of rotatable bonds is 9. The zero-order valence-electron chi connectivity index (χ0n) is 15.4. The highest BCUT2D eigenvalue weighted by molar-refractivity contribution is 7.83. The SMILES string of the molecule is O=C(NCCCc1ccccc1)c1ccc(C[S@](=O)Cc2cccc(Cl)c2)o1. The van der Waals surface area contributed by atoms with E-state index in [2.05, 4.69) is 17.4 Å². The molecule has 4 nitrogen and oxygen atoms in total. The molecule has 28 heavy (non-hydrogen) atoms. The molecule has 0 saturated heterocycles. The van der Waals surface area contributed by atoms with Gasteiger partial charge in [-0.3, -0.25) is 9.00 Å². The van der Waals surface area contributed by atoms with E-state index >= 15 is 0 Å². The lowest BCUT2D eigenvalue weighted by Crippen LogP contribution is -2.24. The first-order chi connectivity index (χ1) is 13.6. The first kappa shape index (κ1) is 20.4. The van der Waals surface area contributed by atoms with Gasteiger partial charge in [-0.1, -0.05) is 54.1 Å². The summed E-state index contributed by atoms with van der Waals surface area (Å²) in [5.74, 6) is 1.18. The van der Waals surface area contributed by atoms with Crippen molar-refractivity contribution in [1.82, 2.24) is 5.32 Å². The van der Waals surface area contributed by atoms with Gasteiger partial charge in [0.1, 0.15) is 5.76 Å². The highest BCUT2D eigenvalue weighted by Gasteiger charge is 2.13. The Kier molecular flexibility index (Phi) is 7.46. The van der Waals surface area contributed by atoms with Crippen molar-refractivity contribution in [3.05, 3.63) is 94.4 Å². The van der Waals surface area contributed by atoms with Crippen LogP contribution in [0.25, 0.3) is 0 Å². The largest absolute Gasteiger partial charge is 0.455 e. The molecule has 2 aromatic carbocycles. The molecular weight excluding hydrogens is 394 g/mol. The number of aryl methyl sites for hydroxylation is 1. The van der Waals surface area contributed by atoms with Crippen molar-refractivity contribution in [1.29, 1.82) is 0 Å². The van der Waals surface area contributed by atoms with Gasteiger partial charge in [-0.2, -0.15) is 0 Å². The van der Waals surface area contributed by atoms with Gasteiger partial charge in [-0.15, -0.1) is 0 Å². The van der Waals surface area contributed by atoms with Gasteiger partial charge in [-0.05, 0) is 48.2 Å². The van der Waals surface area contributed by atoms with Crippen molar-refractivity contribution in [3.8, 4) is 0 Å². The summed E-state index contributed by atoms with van der Waals surface area (Å²) in [5, 5.41) is 3.48. The predicted molar refractivity (Wildman–Crippen MR) is 113 cm³/mol. The number of nitrogens with one attached hydrogen (secondary N) is 1. The van der Waals surface area contributed by atoms with E-state index in [-0.39, 0.29) is 17.4 Å². The van der Waals surface area contributed by atoms with Gasteiger partial charge < -0.3 is 9.73 Å². The third-order valence-corrected chi connectivity index (χ3v) is 5.67. The average Bonchev–Trinajstić information content (AvgIpc) is 3.14. The summed E-state index contributed by atoms with van der Waals surface area (Å²) in [5.41, 5.74) is 2.16. The zero-order chi connectivity index (χ0) is 19.8. The van der Waals surface area contributed by atoms with Crippen LogP contribution in [0.5, 0.6) is 0 Å². The summed E-state index contributed by atoms with van der Waals surface area (Å²) in [6, 6.07) is 20.8. The van der Waals surface area contributed by atoms with Crippen LogP contribution in [0.4, 0.5) is 0 Å². The monoisotopic (exact) mass is 415 g/mol. The summed E-state index contributed by atoms with van der Waals surface area (Å²) in [7, 11) is -1.14. The molecule has 0 unspecified atom stereocenters. The average molecular weight is 416 g/mol. The van der Waals surface area contributed by atoms with Crippen molar-refractivity contribution in [2.45, 2.75) is 24.3 Å². The first-order valence-electron chi connectivity index (χ1n) is 9.10. The summed E-state index contributed by atoms with van der Waals surface area (Å²) in [6.07, 6.45) is 1.76. The Morgan fingerprint density at radius 1 is 0.964 bits per heavy atom. The molecule has 1 N–H and O–H groups in total. The summed E-state index contributed by atoms with van der Waals surface area (Å²) >= 11 is 5.95. The molecule has 6 heteroatoms. The summed E-state index contributed by atoms with van der Waals surface area (Å²) in [6.45, 7) is 0.574. The van der Waals surface area contributed by atoms with Gasteiger partial charge in [-0.25, -0.2) is 0 Å². The van der Waals surface area contributed by atoms with Crippen LogP contribution in [0.2, 0.25) is 5.02 Å². The predicted octanol–water partition coefficient (Wildman–Crippen LogP) is 4.74. The fourth-order valence-electron chi connectivity index (χ4n) is 2.83. The van der Waals surface area contributed by atoms with Crippen molar-refractivity contribution >= 4 is 28.3 Å². The fourth-order valence-corrected chi connectivity index (χ4v) is 4.16. The minimum atomic E-state index is -1.14. The van der Waals surface area contributed by atoms with Crippen LogP contribution in [0.1, 0.15) is 33.9 Å². The highest BCUT2D eigenvalue weighted by atomic mass is 35.5. The number of furan rings is 1. The van der Waals surface area contributed by atoms with Crippen LogP contribution >= 0.6 is 11.6 Å². The van der Waals surface area contributed by atoms with E-state index in [9.17, 15) is 9.00 Å². The van der Waals surface area contributed by atoms with E-state index in [1.165, 1.54) is 5.56 Å². The smallest absolute Gasteiger partial charge is 0.286 e. The number of benzene rings is 2. The molecular formula is C22H22ClNO3S. The van der Waals surface area contributed by atoms with E-state index in [0.717, 1.165) is 18.4 Å². The maximum atomic E-state index is 12.3. The van der Waals surface area contributed by atoms with Gasteiger partial charge in [0.05, 0.1) is 5.75 Å². The van der Waals surface area contributed by atoms with E-state index in [1.54, 1.807) is 24.3 Å². The van der Waals surface area contributed by atoms with E-state index in [4.69, 9.17) is 16.0 Å². The third kappa shape index (κ3) is 6.36. The van der Waals surface area contributed by atoms with Crippen LogP contribution in [0.15, 0.2) is 71.1 Å². The molecule has 1 amide bonds. The molecule has 0 radical (unpaired) electrons. The molecule has 0 aliphatic heterocycles. The molecule has 1 heterocycles. The van der Waals surface area contributed by atoms with Gasteiger partial charge in [0, 0.05) is 28.1 Å². The maximum absolute atomic E-state index is 12.3. The molecule has 3 rings (SSSR count). The fraction of sp³-hybridized carbons (Fsp3) is 0.227. The van der Waals surface area contributed by atoms with Gasteiger partial charge in [0.2, 0.25) is 0 Å². The maximum Gasteiger partial charge on any atom is 0.286 e. The number of amides is 1. The molecule has 146 valence electrons. The second kappa shape index (κ2) is 10.2. The number of halogens is 1. The Morgan fingerprint density at radius 3 is 2.54 bits per heavy atom. The Balaban J connectivity index is 1.43. The number of hydrogen-bond donors (Lipinski definition) is 1. The second-order valence-corrected chi connectivity index (χ2v) is 8.36. The van der Waals surface area contributed by atoms with Crippen molar-refractivity contribution in [3.63, 3.8) is 0 Å². The Bertz CT molecular complexity index is 940.